The summed E-state index contributed by atoms with van der Waals surface area (Å²) in [6.45, 7) is 4.44. The Balaban J connectivity index is 1.43. The minimum absolute atomic E-state index is 0.464. The quantitative estimate of drug-likeness (QED) is 0.773. The molecule has 1 saturated heterocycles. The van der Waals surface area contributed by atoms with E-state index < -0.39 is 0 Å². The summed E-state index contributed by atoms with van der Waals surface area (Å²) in [5, 5.41) is 3.81. The van der Waals surface area contributed by atoms with Crippen LogP contribution in [0.3, 0.4) is 0 Å². The molecule has 3 fully saturated rings. The van der Waals surface area contributed by atoms with E-state index in [9.17, 15) is 0 Å². The van der Waals surface area contributed by atoms with Crippen LogP contribution < -0.4 is 5.32 Å². The van der Waals surface area contributed by atoms with Gasteiger partial charge in [0.15, 0.2) is 0 Å². The highest BCUT2D eigenvalue weighted by atomic mass is 16.5. The standard InChI is InChI=1S/C14H25NO/c1-10-8-13(6-7-16-10)15-9-14(11-2-3-11)12-4-5-12/h10-15H,2-9H2,1H3. The molecule has 1 heterocycles. The van der Waals surface area contributed by atoms with E-state index in [1.54, 1.807) is 0 Å². The van der Waals surface area contributed by atoms with Crippen molar-refractivity contribution in [3.05, 3.63) is 0 Å². The van der Waals surface area contributed by atoms with E-state index in [1.165, 1.54) is 45.1 Å². The highest BCUT2D eigenvalue weighted by Gasteiger charge is 2.41. The van der Waals surface area contributed by atoms with Crippen molar-refractivity contribution in [1.82, 2.24) is 5.32 Å². The zero-order valence-corrected chi connectivity index (χ0v) is 10.5. The number of ether oxygens (including phenoxy) is 1. The predicted molar refractivity (Wildman–Crippen MR) is 65.4 cm³/mol. The van der Waals surface area contributed by atoms with E-state index in [0.717, 1.165) is 30.4 Å². The number of nitrogens with one attached hydrogen (secondary N) is 1. The van der Waals surface area contributed by atoms with Gasteiger partial charge in [0.25, 0.3) is 0 Å². The van der Waals surface area contributed by atoms with Crippen molar-refractivity contribution in [1.29, 1.82) is 0 Å². The van der Waals surface area contributed by atoms with Crippen molar-refractivity contribution in [2.24, 2.45) is 17.8 Å². The molecule has 0 aromatic carbocycles. The van der Waals surface area contributed by atoms with Gasteiger partial charge < -0.3 is 10.1 Å². The molecule has 1 aliphatic heterocycles. The summed E-state index contributed by atoms with van der Waals surface area (Å²) in [5.41, 5.74) is 0. The molecule has 2 nitrogen and oxygen atoms in total. The maximum Gasteiger partial charge on any atom is 0.0561 e. The maximum absolute atomic E-state index is 5.59. The zero-order valence-electron chi connectivity index (χ0n) is 10.5. The molecule has 0 radical (unpaired) electrons. The molecule has 3 rings (SSSR count). The van der Waals surface area contributed by atoms with Crippen LogP contribution in [-0.4, -0.2) is 25.3 Å². The van der Waals surface area contributed by atoms with Crippen LogP contribution in [0, 0.1) is 17.8 Å². The smallest absolute Gasteiger partial charge is 0.0561 e. The molecule has 0 aromatic heterocycles. The first-order valence-corrected chi connectivity index (χ1v) is 7.18. The normalized spacial score (nSPS) is 35.6. The van der Waals surface area contributed by atoms with Crippen molar-refractivity contribution in [2.75, 3.05) is 13.2 Å². The second-order valence-electron chi connectivity index (χ2n) is 6.15. The van der Waals surface area contributed by atoms with Gasteiger partial charge in [-0.2, -0.15) is 0 Å². The van der Waals surface area contributed by atoms with E-state index in [-0.39, 0.29) is 0 Å². The lowest BCUT2D eigenvalue weighted by atomic mass is 9.96. The molecule has 2 aliphatic carbocycles. The molecule has 1 N–H and O–H groups in total. The van der Waals surface area contributed by atoms with Crippen LogP contribution in [0.5, 0.6) is 0 Å². The third-order valence-corrected chi connectivity index (χ3v) is 4.58. The summed E-state index contributed by atoms with van der Waals surface area (Å²) in [6.07, 6.45) is 8.92. The first-order valence-electron chi connectivity index (χ1n) is 7.18. The Labute approximate surface area is 99.1 Å². The Kier molecular flexibility index (Phi) is 3.21. The minimum atomic E-state index is 0.464. The van der Waals surface area contributed by atoms with E-state index in [2.05, 4.69) is 12.2 Å². The van der Waals surface area contributed by atoms with Crippen LogP contribution in [0.1, 0.15) is 45.4 Å². The van der Waals surface area contributed by atoms with Gasteiger partial charge in [0.1, 0.15) is 0 Å². The SMILES string of the molecule is CC1CC(NCC(C2CC2)C2CC2)CCO1. The largest absolute Gasteiger partial charge is 0.378 e. The summed E-state index contributed by atoms with van der Waals surface area (Å²) < 4.78 is 5.59. The molecular weight excluding hydrogens is 198 g/mol. The fourth-order valence-corrected chi connectivity index (χ4v) is 3.25. The van der Waals surface area contributed by atoms with Crippen LogP contribution in [0.15, 0.2) is 0 Å². The highest BCUT2D eigenvalue weighted by Crippen LogP contribution is 2.48. The molecule has 2 unspecified atom stereocenters. The molecule has 16 heavy (non-hydrogen) atoms. The monoisotopic (exact) mass is 223 g/mol. The van der Waals surface area contributed by atoms with Gasteiger partial charge in [-0.25, -0.2) is 0 Å². The summed E-state index contributed by atoms with van der Waals surface area (Å²) in [7, 11) is 0. The third-order valence-electron chi connectivity index (χ3n) is 4.58. The van der Waals surface area contributed by atoms with Gasteiger partial charge in [0.2, 0.25) is 0 Å². The molecule has 2 atom stereocenters. The van der Waals surface area contributed by atoms with Crippen molar-refractivity contribution >= 4 is 0 Å². The van der Waals surface area contributed by atoms with Gasteiger partial charge >= 0.3 is 0 Å². The Bertz CT molecular complexity index is 223. The van der Waals surface area contributed by atoms with E-state index in [0.29, 0.717) is 6.10 Å². The fraction of sp³-hybridized carbons (Fsp3) is 1.00. The third kappa shape index (κ3) is 2.78. The number of hydrogen-bond donors (Lipinski definition) is 1. The van der Waals surface area contributed by atoms with Crippen LogP contribution in [-0.2, 0) is 4.74 Å². The average Bonchev–Trinajstić information content (AvgIpc) is 3.13. The zero-order chi connectivity index (χ0) is 11.0. The molecular formula is C14H25NO. The van der Waals surface area contributed by atoms with Crippen molar-refractivity contribution in [3.63, 3.8) is 0 Å². The van der Waals surface area contributed by atoms with Gasteiger partial charge in [-0.15, -0.1) is 0 Å². The molecule has 0 spiro atoms. The van der Waals surface area contributed by atoms with Gasteiger partial charge in [-0.3, -0.25) is 0 Å². The summed E-state index contributed by atoms with van der Waals surface area (Å²) in [6, 6.07) is 0.726. The van der Waals surface area contributed by atoms with Gasteiger partial charge in [0.05, 0.1) is 6.10 Å². The first-order chi connectivity index (χ1) is 7.83. The van der Waals surface area contributed by atoms with E-state index in [1.807, 2.05) is 0 Å². The summed E-state index contributed by atoms with van der Waals surface area (Å²) in [5.74, 6) is 3.17. The van der Waals surface area contributed by atoms with Crippen LogP contribution in [0.4, 0.5) is 0 Å². The maximum atomic E-state index is 5.59. The topological polar surface area (TPSA) is 21.3 Å². The minimum Gasteiger partial charge on any atom is -0.378 e. The molecule has 2 saturated carbocycles. The van der Waals surface area contributed by atoms with Crippen LogP contribution in [0.2, 0.25) is 0 Å². The van der Waals surface area contributed by atoms with Crippen molar-refractivity contribution < 1.29 is 4.74 Å². The Hall–Kier alpha value is -0.0800. The average molecular weight is 223 g/mol. The lowest BCUT2D eigenvalue weighted by Crippen LogP contribution is -2.40. The summed E-state index contributed by atoms with van der Waals surface area (Å²) in [4.78, 5) is 0. The van der Waals surface area contributed by atoms with Crippen LogP contribution >= 0.6 is 0 Å². The second kappa shape index (κ2) is 4.66. The predicted octanol–water partition coefficient (Wildman–Crippen LogP) is 2.58. The van der Waals surface area contributed by atoms with E-state index in [4.69, 9.17) is 4.74 Å². The number of hydrogen-bond acceptors (Lipinski definition) is 2. The molecule has 92 valence electrons. The second-order valence-corrected chi connectivity index (χ2v) is 6.15. The summed E-state index contributed by atoms with van der Waals surface area (Å²) >= 11 is 0. The van der Waals surface area contributed by atoms with Crippen molar-refractivity contribution in [2.45, 2.75) is 57.6 Å². The van der Waals surface area contributed by atoms with Gasteiger partial charge in [-0.05, 0) is 69.7 Å². The lowest BCUT2D eigenvalue weighted by molar-refractivity contribution is 0.0124. The highest BCUT2D eigenvalue weighted by molar-refractivity contribution is 4.93. The number of rotatable bonds is 5. The van der Waals surface area contributed by atoms with Crippen LogP contribution in [0.25, 0.3) is 0 Å². The van der Waals surface area contributed by atoms with Gasteiger partial charge in [0, 0.05) is 12.6 Å². The Morgan fingerprint density at radius 2 is 1.81 bits per heavy atom. The Morgan fingerprint density at radius 1 is 1.12 bits per heavy atom. The first kappa shape index (κ1) is 11.0. The van der Waals surface area contributed by atoms with E-state index >= 15 is 0 Å². The fourth-order valence-electron chi connectivity index (χ4n) is 3.25. The molecule has 0 bridgehead atoms. The molecule has 2 heteroatoms. The molecule has 0 amide bonds. The molecule has 0 aromatic rings. The Morgan fingerprint density at radius 3 is 2.38 bits per heavy atom. The van der Waals surface area contributed by atoms with Gasteiger partial charge in [-0.1, -0.05) is 0 Å². The lowest BCUT2D eigenvalue weighted by Gasteiger charge is -2.29. The van der Waals surface area contributed by atoms with Crippen molar-refractivity contribution in [3.8, 4) is 0 Å². The molecule has 3 aliphatic rings.